The monoisotopic (exact) mass is 450 g/mol. The van der Waals surface area contributed by atoms with Gasteiger partial charge in [0.25, 0.3) is 5.91 Å². The summed E-state index contributed by atoms with van der Waals surface area (Å²) in [5.74, 6) is -0.642. The lowest BCUT2D eigenvalue weighted by molar-refractivity contribution is -0.137. The Morgan fingerprint density at radius 2 is 1.94 bits per heavy atom. The van der Waals surface area contributed by atoms with Crippen molar-refractivity contribution in [1.82, 2.24) is 14.8 Å². The molecule has 3 aromatic rings. The van der Waals surface area contributed by atoms with Crippen molar-refractivity contribution in [2.75, 3.05) is 5.32 Å². The summed E-state index contributed by atoms with van der Waals surface area (Å²) in [5.41, 5.74) is 0.121. The maximum absolute atomic E-state index is 13.7. The number of alkyl halides is 3. The Balaban J connectivity index is 1.95. The third-order valence-electron chi connectivity index (χ3n) is 4.95. The van der Waals surface area contributed by atoms with Crippen LogP contribution < -0.4 is 5.32 Å². The molecule has 2 aromatic heterocycles. The molecule has 9 heteroatoms. The first-order chi connectivity index (χ1) is 14.5. The first-order valence-electron chi connectivity index (χ1n) is 10.0. The molecule has 3 rings (SSSR count). The number of aromatic nitrogens is 3. The van der Waals surface area contributed by atoms with E-state index in [0.29, 0.717) is 21.6 Å². The van der Waals surface area contributed by atoms with Gasteiger partial charge in [0.2, 0.25) is 0 Å². The normalized spacial score (nSPS) is 13.1. The summed E-state index contributed by atoms with van der Waals surface area (Å²) in [6.07, 6.45) is -2.16. The molecule has 1 N–H and O–H groups in total. The fourth-order valence-electron chi connectivity index (χ4n) is 3.12. The number of aryl methyl sites for hydroxylation is 1. The van der Waals surface area contributed by atoms with E-state index in [1.54, 1.807) is 29.9 Å². The molecule has 0 aliphatic carbocycles. The molecule has 0 spiro atoms. The topological polar surface area (TPSA) is 59.8 Å². The van der Waals surface area contributed by atoms with E-state index in [1.807, 2.05) is 27.7 Å². The summed E-state index contributed by atoms with van der Waals surface area (Å²) >= 11 is 1.37. The molecule has 0 bridgehead atoms. The van der Waals surface area contributed by atoms with Crippen LogP contribution in [-0.4, -0.2) is 25.9 Å². The molecular weight excluding hydrogens is 425 g/mol. The second-order valence-corrected chi connectivity index (χ2v) is 9.22. The Bertz CT molecular complexity index is 1110. The highest BCUT2D eigenvalue weighted by Gasteiger charge is 2.34. The van der Waals surface area contributed by atoms with Gasteiger partial charge < -0.3 is 5.32 Å². The van der Waals surface area contributed by atoms with Gasteiger partial charge in [-0.25, -0.2) is 9.67 Å². The van der Waals surface area contributed by atoms with Crippen molar-refractivity contribution in [3.05, 3.63) is 47.3 Å². The molecule has 0 saturated heterocycles. The number of anilines is 1. The summed E-state index contributed by atoms with van der Waals surface area (Å²) in [6, 6.07) is 5.70. The quantitative estimate of drug-likeness (QED) is 0.437. The zero-order valence-electron chi connectivity index (χ0n) is 18.0. The zero-order chi connectivity index (χ0) is 22.9. The average molecular weight is 451 g/mol. The lowest BCUT2D eigenvalue weighted by Crippen LogP contribution is -2.18. The fraction of sp³-hybridized carbons (Fsp3) is 0.409. The Kier molecular flexibility index (Phi) is 6.64. The number of hydrogen-bond acceptors (Lipinski definition) is 4. The van der Waals surface area contributed by atoms with E-state index in [0.717, 1.165) is 12.5 Å². The SMILES string of the molecule is CCC(C)Sc1ccc(NC(=O)c2cc3cnn(C(C)C)c3nc2C)c(C(F)(F)F)c1. The number of thioether (sulfide) groups is 1. The third kappa shape index (κ3) is 5.03. The lowest BCUT2D eigenvalue weighted by Gasteiger charge is -2.17. The second-order valence-electron chi connectivity index (χ2n) is 7.71. The lowest BCUT2D eigenvalue weighted by atomic mass is 10.1. The van der Waals surface area contributed by atoms with Crippen LogP contribution in [0.3, 0.4) is 0 Å². The number of nitrogens with one attached hydrogen (secondary N) is 1. The van der Waals surface area contributed by atoms with E-state index >= 15 is 0 Å². The van der Waals surface area contributed by atoms with Crippen LogP contribution in [0.25, 0.3) is 11.0 Å². The number of hydrogen-bond donors (Lipinski definition) is 1. The number of carbonyl (C=O) groups is 1. The van der Waals surface area contributed by atoms with Crippen LogP contribution >= 0.6 is 11.8 Å². The Hall–Kier alpha value is -2.55. The van der Waals surface area contributed by atoms with Gasteiger partial charge in [-0.1, -0.05) is 13.8 Å². The van der Waals surface area contributed by atoms with Crippen molar-refractivity contribution in [3.8, 4) is 0 Å². The van der Waals surface area contributed by atoms with Crippen LogP contribution in [-0.2, 0) is 6.18 Å². The minimum Gasteiger partial charge on any atom is -0.321 e. The summed E-state index contributed by atoms with van der Waals surface area (Å²) in [4.78, 5) is 17.8. The number of amides is 1. The zero-order valence-corrected chi connectivity index (χ0v) is 18.9. The number of benzene rings is 1. The van der Waals surface area contributed by atoms with Crippen molar-refractivity contribution in [2.45, 2.75) is 63.4 Å². The molecular formula is C22H25F3N4OS. The van der Waals surface area contributed by atoms with Gasteiger partial charge >= 0.3 is 6.18 Å². The van der Waals surface area contributed by atoms with E-state index in [1.165, 1.54) is 17.8 Å². The molecule has 1 amide bonds. The van der Waals surface area contributed by atoms with E-state index in [9.17, 15) is 18.0 Å². The number of fused-ring (bicyclic) bond motifs is 1. The second kappa shape index (κ2) is 8.90. The minimum atomic E-state index is -4.59. The van der Waals surface area contributed by atoms with Crippen LogP contribution in [0.2, 0.25) is 0 Å². The van der Waals surface area contributed by atoms with Gasteiger partial charge in [0, 0.05) is 21.6 Å². The highest BCUT2D eigenvalue weighted by molar-refractivity contribution is 7.99. The van der Waals surface area contributed by atoms with Gasteiger partial charge in [-0.05, 0) is 51.5 Å². The molecule has 166 valence electrons. The standard InChI is InChI=1S/C22H25F3N4OS/c1-6-13(4)31-16-7-8-19(18(10-16)22(23,24)25)28-21(30)17-9-15-11-26-29(12(2)3)20(15)27-14(17)5/h7-13H,6H2,1-5H3,(H,28,30). The van der Waals surface area contributed by atoms with Crippen molar-refractivity contribution >= 4 is 34.4 Å². The third-order valence-corrected chi connectivity index (χ3v) is 6.21. The molecule has 2 heterocycles. The van der Waals surface area contributed by atoms with Crippen molar-refractivity contribution in [2.24, 2.45) is 0 Å². The van der Waals surface area contributed by atoms with Gasteiger partial charge in [0.15, 0.2) is 5.65 Å². The fourth-order valence-corrected chi connectivity index (χ4v) is 4.08. The van der Waals surface area contributed by atoms with E-state index in [2.05, 4.69) is 15.4 Å². The molecule has 0 saturated carbocycles. The first-order valence-corrected chi connectivity index (χ1v) is 10.9. The van der Waals surface area contributed by atoms with Crippen LogP contribution in [0.15, 0.2) is 35.4 Å². The molecule has 1 atom stereocenters. The van der Waals surface area contributed by atoms with Crippen LogP contribution in [0.5, 0.6) is 0 Å². The number of halogens is 3. The Labute approximate surface area is 183 Å². The molecule has 5 nitrogen and oxygen atoms in total. The molecule has 0 aliphatic heterocycles. The van der Waals surface area contributed by atoms with Crippen molar-refractivity contribution in [3.63, 3.8) is 0 Å². The molecule has 0 radical (unpaired) electrons. The number of pyridine rings is 1. The van der Waals surface area contributed by atoms with Gasteiger partial charge in [-0.2, -0.15) is 18.3 Å². The van der Waals surface area contributed by atoms with Crippen molar-refractivity contribution < 1.29 is 18.0 Å². The first kappa shape index (κ1) is 23.1. The van der Waals surface area contributed by atoms with Gasteiger partial charge in [-0.15, -0.1) is 11.8 Å². The van der Waals surface area contributed by atoms with Crippen LogP contribution in [0, 0.1) is 6.92 Å². The van der Waals surface area contributed by atoms with Crippen LogP contribution in [0.1, 0.15) is 61.8 Å². The highest BCUT2D eigenvalue weighted by Crippen LogP contribution is 2.38. The van der Waals surface area contributed by atoms with E-state index in [4.69, 9.17) is 0 Å². The summed E-state index contributed by atoms with van der Waals surface area (Å²) in [5, 5.41) is 7.55. The number of nitrogens with zero attached hydrogens (tertiary/aromatic N) is 3. The van der Waals surface area contributed by atoms with Crippen LogP contribution in [0.4, 0.5) is 18.9 Å². The molecule has 1 unspecified atom stereocenters. The molecule has 0 aliphatic rings. The van der Waals surface area contributed by atoms with E-state index < -0.39 is 17.6 Å². The van der Waals surface area contributed by atoms with Gasteiger partial charge in [-0.3, -0.25) is 4.79 Å². The Morgan fingerprint density at radius 3 is 2.55 bits per heavy atom. The number of rotatable bonds is 6. The predicted octanol–water partition coefficient (Wildman–Crippen LogP) is 6.48. The van der Waals surface area contributed by atoms with Crippen molar-refractivity contribution in [1.29, 1.82) is 0 Å². The summed E-state index contributed by atoms with van der Waals surface area (Å²) in [7, 11) is 0. The number of carbonyl (C=O) groups excluding carboxylic acids is 1. The molecule has 0 fully saturated rings. The minimum absolute atomic E-state index is 0.0882. The highest BCUT2D eigenvalue weighted by atomic mass is 32.2. The maximum Gasteiger partial charge on any atom is 0.418 e. The Morgan fingerprint density at radius 1 is 1.23 bits per heavy atom. The van der Waals surface area contributed by atoms with Gasteiger partial charge in [0.05, 0.1) is 28.7 Å². The van der Waals surface area contributed by atoms with E-state index in [-0.39, 0.29) is 22.5 Å². The van der Waals surface area contributed by atoms with Gasteiger partial charge in [0.1, 0.15) is 0 Å². The smallest absolute Gasteiger partial charge is 0.321 e. The molecule has 1 aromatic carbocycles. The summed E-state index contributed by atoms with van der Waals surface area (Å²) < 4.78 is 42.8. The largest absolute Gasteiger partial charge is 0.418 e. The maximum atomic E-state index is 13.7. The predicted molar refractivity (Wildman–Crippen MR) is 118 cm³/mol. The summed E-state index contributed by atoms with van der Waals surface area (Å²) in [6.45, 7) is 9.52. The average Bonchev–Trinajstić information content (AvgIpc) is 3.10. The molecule has 31 heavy (non-hydrogen) atoms.